The Morgan fingerprint density at radius 3 is 2.41 bits per heavy atom. The Kier molecular flexibility index (Phi) is 5.80. The molecule has 1 rings (SSSR count). The van der Waals surface area contributed by atoms with Crippen LogP contribution in [0, 0.1) is 5.92 Å². The molecular formula is C13H21NO3. The normalized spacial score (nSPS) is 12.5. The zero-order valence-corrected chi connectivity index (χ0v) is 10.4. The van der Waals surface area contributed by atoms with Crippen LogP contribution in [-0.2, 0) is 0 Å². The average molecular weight is 239 g/mol. The van der Waals surface area contributed by atoms with Crippen LogP contribution in [0.4, 0.5) is 5.69 Å². The fraction of sp³-hybridized carbons (Fsp3) is 0.538. The molecule has 0 aliphatic heterocycles. The maximum absolute atomic E-state index is 9.18. The van der Waals surface area contributed by atoms with E-state index in [1.54, 1.807) is 0 Å². The maximum Gasteiger partial charge on any atom is 0.119 e. The first-order valence-corrected chi connectivity index (χ1v) is 5.87. The molecule has 1 aromatic carbocycles. The highest BCUT2D eigenvalue weighted by atomic mass is 16.5. The molecule has 96 valence electrons. The highest BCUT2D eigenvalue weighted by Gasteiger charge is 2.01. The number of nitrogens with one attached hydrogen (secondary N) is 1. The Hall–Kier alpha value is -1.26. The summed E-state index contributed by atoms with van der Waals surface area (Å²) in [6, 6.07) is 7.55. The molecule has 1 atom stereocenters. The Morgan fingerprint density at radius 2 is 1.88 bits per heavy atom. The highest BCUT2D eigenvalue weighted by Crippen LogP contribution is 2.16. The van der Waals surface area contributed by atoms with Crippen LogP contribution < -0.4 is 10.1 Å². The molecule has 0 radical (unpaired) electrons. The topological polar surface area (TPSA) is 61.7 Å². The molecule has 4 heteroatoms. The van der Waals surface area contributed by atoms with Gasteiger partial charge in [0, 0.05) is 12.2 Å². The predicted molar refractivity (Wildman–Crippen MR) is 68.4 cm³/mol. The van der Waals surface area contributed by atoms with Gasteiger partial charge in [-0.25, -0.2) is 0 Å². The van der Waals surface area contributed by atoms with E-state index in [1.807, 2.05) is 24.3 Å². The third kappa shape index (κ3) is 5.56. The van der Waals surface area contributed by atoms with E-state index in [0.29, 0.717) is 19.1 Å². The van der Waals surface area contributed by atoms with Gasteiger partial charge in [0.05, 0.1) is 19.3 Å². The molecule has 0 amide bonds. The minimum absolute atomic E-state index is 0.234. The summed E-state index contributed by atoms with van der Waals surface area (Å²) in [5.41, 5.74) is 0.898. The van der Waals surface area contributed by atoms with Crippen LogP contribution in [0.1, 0.15) is 13.8 Å². The highest BCUT2D eigenvalue weighted by molar-refractivity contribution is 5.46. The van der Waals surface area contributed by atoms with E-state index >= 15 is 0 Å². The molecule has 0 aliphatic carbocycles. The molecule has 0 heterocycles. The molecule has 0 aromatic heterocycles. The minimum Gasteiger partial charge on any atom is -0.493 e. The Balaban J connectivity index is 2.39. The molecule has 17 heavy (non-hydrogen) atoms. The number of hydrogen-bond donors (Lipinski definition) is 3. The molecule has 4 nitrogen and oxygen atoms in total. The van der Waals surface area contributed by atoms with Crippen LogP contribution in [0.3, 0.4) is 0 Å². The summed E-state index contributed by atoms with van der Waals surface area (Å²) in [5, 5.41) is 20.9. The van der Waals surface area contributed by atoms with E-state index in [-0.39, 0.29) is 6.61 Å². The summed E-state index contributed by atoms with van der Waals surface area (Å²) >= 11 is 0. The Morgan fingerprint density at radius 1 is 1.24 bits per heavy atom. The van der Waals surface area contributed by atoms with Gasteiger partial charge < -0.3 is 20.3 Å². The van der Waals surface area contributed by atoms with Gasteiger partial charge in [-0.15, -0.1) is 0 Å². The van der Waals surface area contributed by atoms with Gasteiger partial charge in [0.25, 0.3) is 0 Å². The number of rotatable bonds is 7. The molecule has 3 N–H and O–H groups in total. The van der Waals surface area contributed by atoms with Crippen molar-refractivity contribution in [2.24, 2.45) is 5.92 Å². The van der Waals surface area contributed by atoms with Crippen LogP contribution in [0.2, 0.25) is 0 Å². The second-order valence-electron chi connectivity index (χ2n) is 4.45. The van der Waals surface area contributed by atoms with Gasteiger partial charge in [0.15, 0.2) is 0 Å². The van der Waals surface area contributed by atoms with Gasteiger partial charge in [-0.1, -0.05) is 13.8 Å². The van der Waals surface area contributed by atoms with Crippen LogP contribution in [-0.4, -0.2) is 36.1 Å². The predicted octanol–water partition coefficient (Wildman–Crippen LogP) is 1.49. The molecule has 0 bridgehead atoms. The van der Waals surface area contributed by atoms with Gasteiger partial charge in [-0.05, 0) is 30.2 Å². The SMILES string of the molecule is CC(C)COc1ccc(NCC(O)CO)cc1. The second-order valence-corrected chi connectivity index (χ2v) is 4.45. The zero-order chi connectivity index (χ0) is 12.7. The lowest BCUT2D eigenvalue weighted by molar-refractivity contribution is 0.105. The van der Waals surface area contributed by atoms with Gasteiger partial charge in [-0.2, -0.15) is 0 Å². The van der Waals surface area contributed by atoms with Gasteiger partial charge in [0.1, 0.15) is 5.75 Å². The summed E-state index contributed by atoms with van der Waals surface area (Å²) in [4.78, 5) is 0. The monoisotopic (exact) mass is 239 g/mol. The van der Waals surface area contributed by atoms with E-state index in [2.05, 4.69) is 19.2 Å². The molecular weight excluding hydrogens is 218 g/mol. The van der Waals surface area contributed by atoms with Crippen molar-refractivity contribution < 1.29 is 14.9 Å². The minimum atomic E-state index is -0.730. The molecule has 1 unspecified atom stereocenters. The number of aliphatic hydroxyl groups excluding tert-OH is 2. The van der Waals surface area contributed by atoms with Crippen molar-refractivity contribution in [3.8, 4) is 5.75 Å². The van der Waals surface area contributed by atoms with Crippen LogP contribution in [0.25, 0.3) is 0 Å². The number of hydrogen-bond acceptors (Lipinski definition) is 4. The summed E-state index contributed by atoms with van der Waals surface area (Å²) in [7, 11) is 0. The van der Waals surface area contributed by atoms with Crippen LogP contribution in [0.5, 0.6) is 5.75 Å². The quantitative estimate of drug-likeness (QED) is 0.674. The lowest BCUT2D eigenvalue weighted by Crippen LogP contribution is -2.22. The third-order valence-electron chi connectivity index (χ3n) is 2.19. The van der Waals surface area contributed by atoms with Crippen molar-refractivity contribution in [2.45, 2.75) is 20.0 Å². The van der Waals surface area contributed by atoms with Crippen molar-refractivity contribution in [1.82, 2.24) is 0 Å². The summed E-state index contributed by atoms with van der Waals surface area (Å²) in [5.74, 6) is 1.35. The van der Waals surface area contributed by atoms with Crippen molar-refractivity contribution in [2.75, 3.05) is 25.1 Å². The van der Waals surface area contributed by atoms with Crippen molar-refractivity contribution >= 4 is 5.69 Å². The number of aliphatic hydroxyl groups is 2. The van der Waals surface area contributed by atoms with Gasteiger partial charge in [-0.3, -0.25) is 0 Å². The van der Waals surface area contributed by atoms with E-state index < -0.39 is 6.10 Å². The summed E-state index contributed by atoms with van der Waals surface area (Å²) in [6.45, 7) is 5.01. The Bertz CT molecular complexity index is 311. The molecule has 0 spiro atoms. The second kappa shape index (κ2) is 7.14. The molecule has 1 aromatic rings. The first-order valence-electron chi connectivity index (χ1n) is 5.87. The molecule has 0 fully saturated rings. The van der Waals surface area contributed by atoms with Crippen molar-refractivity contribution in [3.05, 3.63) is 24.3 Å². The molecule has 0 aliphatic rings. The lowest BCUT2D eigenvalue weighted by Gasteiger charge is -2.12. The van der Waals surface area contributed by atoms with Crippen LogP contribution >= 0.6 is 0 Å². The fourth-order valence-electron chi connectivity index (χ4n) is 1.23. The first kappa shape index (κ1) is 13.8. The Labute approximate surface area is 102 Å². The average Bonchev–Trinajstić information content (AvgIpc) is 2.34. The smallest absolute Gasteiger partial charge is 0.119 e. The number of benzene rings is 1. The lowest BCUT2D eigenvalue weighted by atomic mass is 10.2. The standard InChI is InChI=1S/C13H21NO3/c1-10(2)9-17-13-5-3-11(4-6-13)14-7-12(16)8-15/h3-6,10,12,14-16H,7-9H2,1-2H3. The van der Waals surface area contributed by atoms with Gasteiger partial charge >= 0.3 is 0 Å². The summed E-state index contributed by atoms with van der Waals surface area (Å²) < 4.78 is 5.55. The van der Waals surface area contributed by atoms with E-state index in [0.717, 1.165) is 11.4 Å². The van der Waals surface area contributed by atoms with E-state index in [4.69, 9.17) is 9.84 Å². The summed E-state index contributed by atoms with van der Waals surface area (Å²) in [6.07, 6.45) is -0.730. The maximum atomic E-state index is 9.18. The van der Waals surface area contributed by atoms with Crippen molar-refractivity contribution in [3.63, 3.8) is 0 Å². The largest absolute Gasteiger partial charge is 0.493 e. The van der Waals surface area contributed by atoms with E-state index in [1.165, 1.54) is 0 Å². The zero-order valence-electron chi connectivity index (χ0n) is 10.4. The number of anilines is 1. The van der Waals surface area contributed by atoms with Crippen molar-refractivity contribution in [1.29, 1.82) is 0 Å². The van der Waals surface area contributed by atoms with Gasteiger partial charge in [0.2, 0.25) is 0 Å². The number of ether oxygens (including phenoxy) is 1. The van der Waals surface area contributed by atoms with E-state index in [9.17, 15) is 5.11 Å². The first-order chi connectivity index (χ1) is 8.11. The fourth-order valence-corrected chi connectivity index (χ4v) is 1.23. The van der Waals surface area contributed by atoms with Crippen LogP contribution in [0.15, 0.2) is 24.3 Å². The molecule has 0 saturated heterocycles. The molecule has 0 saturated carbocycles. The third-order valence-corrected chi connectivity index (χ3v) is 2.19.